The summed E-state index contributed by atoms with van der Waals surface area (Å²) in [4.78, 5) is 12.1. The summed E-state index contributed by atoms with van der Waals surface area (Å²) in [5.41, 5.74) is 3.53. The summed E-state index contributed by atoms with van der Waals surface area (Å²) < 4.78 is 1.80. The Morgan fingerprint density at radius 2 is 2.09 bits per heavy atom. The molecule has 1 amide bonds. The molecule has 1 aromatic heterocycles. The van der Waals surface area contributed by atoms with Crippen LogP contribution in [0.25, 0.3) is 11.1 Å². The second-order valence-electron chi connectivity index (χ2n) is 6.12. The van der Waals surface area contributed by atoms with Crippen molar-refractivity contribution in [2.75, 3.05) is 6.54 Å². The number of carbonyl (C=O) groups is 1. The molecule has 1 atom stereocenters. The lowest BCUT2D eigenvalue weighted by Crippen LogP contribution is -2.32. The molecule has 0 saturated carbocycles. The zero-order valence-corrected chi connectivity index (χ0v) is 13.5. The Bertz CT molecular complexity index is 685. The highest BCUT2D eigenvalue weighted by Gasteiger charge is 2.17. The van der Waals surface area contributed by atoms with Crippen molar-refractivity contribution in [1.82, 2.24) is 15.1 Å². The number of aromatic nitrogens is 2. The average molecular weight is 309 g/mol. The van der Waals surface area contributed by atoms with Crippen LogP contribution in [0.1, 0.15) is 24.8 Å². The fourth-order valence-electron chi connectivity index (χ4n) is 2.94. The van der Waals surface area contributed by atoms with Crippen LogP contribution in [0.15, 0.2) is 48.8 Å². The van der Waals surface area contributed by atoms with Gasteiger partial charge in [0.15, 0.2) is 0 Å². The largest absolute Gasteiger partial charge is 0.356 e. The molecule has 1 aliphatic carbocycles. The van der Waals surface area contributed by atoms with Crippen LogP contribution in [-0.2, 0) is 18.3 Å². The van der Waals surface area contributed by atoms with Crippen LogP contribution in [0.3, 0.4) is 0 Å². The third-order valence-corrected chi connectivity index (χ3v) is 4.34. The van der Waals surface area contributed by atoms with E-state index in [1.165, 1.54) is 11.1 Å². The Kier molecular flexibility index (Phi) is 4.91. The van der Waals surface area contributed by atoms with Crippen LogP contribution in [0.2, 0.25) is 0 Å². The monoisotopic (exact) mass is 309 g/mol. The molecule has 120 valence electrons. The quantitative estimate of drug-likeness (QED) is 0.863. The van der Waals surface area contributed by atoms with Gasteiger partial charge in [-0.2, -0.15) is 5.10 Å². The number of nitrogens with zero attached hydrogens (tertiary/aromatic N) is 2. The van der Waals surface area contributed by atoms with E-state index >= 15 is 0 Å². The maximum atomic E-state index is 12.1. The Balaban J connectivity index is 1.49. The van der Waals surface area contributed by atoms with E-state index in [2.05, 4.69) is 46.8 Å². The van der Waals surface area contributed by atoms with Crippen molar-refractivity contribution in [3.63, 3.8) is 0 Å². The van der Waals surface area contributed by atoms with Gasteiger partial charge >= 0.3 is 0 Å². The second kappa shape index (κ2) is 7.27. The normalized spacial score (nSPS) is 17.2. The molecule has 0 spiro atoms. The molecule has 0 saturated heterocycles. The maximum absolute atomic E-state index is 12.1. The van der Waals surface area contributed by atoms with Gasteiger partial charge in [-0.3, -0.25) is 9.48 Å². The fourth-order valence-corrected chi connectivity index (χ4v) is 2.94. The van der Waals surface area contributed by atoms with Crippen LogP contribution < -0.4 is 5.32 Å². The number of aryl methyl sites for hydroxylation is 1. The van der Waals surface area contributed by atoms with Gasteiger partial charge in [0.25, 0.3) is 0 Å². The number of hydrogen-bond donors (Lipinski definition) is 1. The van der Waals surface area contributed by atoms with E-state index in [-0.39, 0.29) is 11.8 Å². The fraction of sp³-hybridized carbons (Fsp3) is 0.368. The minimum Gasteiger partial charge on any atom is -0.356 e. The van der Waals surface area contributed by atoms with Crippen molar-refractivity contribution in [3.05, 3.63) is 54.4 Å². The third-order valence-electron chi connectivity index (χ3n) is 4.34. The van der Waals surface area contributed by atoms with E-state index in [9.17, 15) is 4.79 Å². The minimum absolute atomic E-state index is 0.160. The number of nitrogens with one attached hydrogen (secondary N) is 1. The molecule has 23 heavy (non-hydrogen) atoms. The summed E-state index contributed by atoms with van der Waals surface area (Å²) in [6.07, 6.45) is 11.9. The van der Waals surface area contributed by atoms with Crippen molar-refractivity contribution in [1.29, 1.82) is 0 Å². The molecule has 4 nitrogen and oxygen atoms in total. The van der Waals surface area contributed by atoms with Crippen LogP contribution in [0.4, 0.5) is 0 Å². The van der Waals surface area contributed by atoms with E-state index in [1.807, 2.05) is 19.4 Å². The third kappa shape index (κ3) is 4.09. The first-order chi connectivity index (χ1) is 11.2. The van der Waals surface area contributed by atoms with E-state index < -0.39 is 0 Å². The molecule has 0 aliphatic heterocycles. The molecule has 0 radical (unpaired) electrons. The minimum atomic E-state index is 0.160. The first kappa shape index (κ1) is 15.5. The molecule has 2 aromatic rings. The van der Waals surface area contributed by atoms with Crippen molar-refractivity contribution in [3.8, 4) is 11.1 Å². The smallest absolute Gasteiger partial charge is 0.223 e. The van der Waals surface area contributed by atoms with Gasteiger partial charge in [0.1, 0.15) is 0 Å². The molecular formula is C19H23N3O. The molecule has 1 N–H and O–H groups in total. The van der Waals surface area contributed by atoms with Gasteiger partial charge in [-0.15, -0.1) is 0 Å². The van der Waals surface area contributed by atoms with Crippen LogP contribution in [0.5, 0.6) is 0 Å². The SMILES string of the molecule is Cn1cc(-c2ccc(CCNC(=O)C3CC=CCC3)cc2)cn1. The summed E-state index contributed by atoms with van der Waals surface area (Å²) in [5.74, 6) is 0.356. The molecule has 1 aliphatic rings. The highest BCUT2D eigenvalue weighted by atomic mass is 16.1. The van der Waals surface area contributed by atoms with Gasteiger partial charge in [0.05, 0.1) is 6.20 Å². The van der Waals surface area contributed by atoms with Crippen LogP contribution >= 0.6 is 0 Å². The van der Waals surface area contributed by atoms with E-state index in [1.54, 1.807) is 4.68 Å². The topological polar surface area (TPSA) is 46.9 Å². The Labute approximate surface area is 137 Å². The van der Waals surface area contributed by atoms with Gasteiger partial charge in [-0.1, -0.05) is 36.4 Å². The Hall–Kier alpha value is -2.36. The van der Waals surface area contributed by atoms with Gasteiger partial charge in [-0.05, 0) is 36.8 Å². The highest BCUT2D eigenvalue weighted by molar-refractivity contribution is 5.79. The molecule has 1 aromatic carbocycles. The van der Waals surface area contributed by atoms with Gasteiger partial charge in [-0.25, -0.2) is 0 Å². The lowest BCUT2D eigenvalue weighted by atomic mass is 9.93. The first-order valence-electron chi connectivity index (χ1n) is 8.23. The number of amides is 1. The van der Waals surface area contributed by atoms with Crippen molar-refractivity contribution in [2.24, 2.45) is 13.0 Å². The molecular weight excluding hydrogens is 286 g/mol. The summed E-state index contributed by atoms with van der Waals surface area (Å²) >= 11 is 0. The first-order valence-corrected chi connectivity index (χ1v) is 8.23. The predicted molar refractivity (Wildman–Crippen MR) is 91.8 cm³/mol. The number of carbonyl (C=O) groups excluding carboxylic acids is 1. The zero-order valence-electron chi connectivity index (χ0n) is 13.5. The Morgan fingerprint density at radius 1 is 1.26 bits per heavy atom. The molecule has 1 heterocycles. The number of allylic oxidation sites excluding steroid dienone is 2. The van der Waals surface area contributed by atoms with Gasteiger partial charge < -0.3 is 5.32 Å². The lowest BCUT2D eigenvalue weighted by molar-refractivity contribution is -0.125. The van der Waals surface area contributed by atoms with Crippen molar-refractivity contribution < 1.29 is 4.79 Å². The van der Waals surface area contributed by atoms with Crippen LogP contribution in [-0.4, -0.2) is 22.2 Å². The molecule has 0 bridgehead atoms. The van der Waals surface area contributed by atoms with E-state index in [4.69, 9.17) is 0 Å². The maximum Gasteiger partial charge on any atom is 0.223 e. The van der Waals surface area contributed by atoms with Gasteiger partial charge in [0, 0.05) is 31.3 Å². The number of hydrogen-bond acceptors (Lipinski definition) is 2. The summed E-state index contributed by atoms with van der Waals surface area (Å²) in [7, 11) is 1.92. The van der Waals surface area contributed by atoms with Crippen LogP contribution in [0, 0.1) is 5.92 Å². The highest BCUT2D eigenvalue weighted by Crippen LogP contribution is 2.19. The summed E-state index contributed by atoms with van der Waals surface area (Å²) in [6.45, 7) is 0.700. The van der Waals surface area contributed by atoms with Gasteiger partial charge in [0.2, 0.25) is 5.91 Å². The second-order valence-corrected chi connectivity index (χ2v) is 6.12. The zero-order chi connectivity index (χ0) is 16.1. The predicted octanol–water partition coefficient (Wildman–Crippen LogP) is 3.10. The average Bonchev–Trinajstić information content (AvgIpc) is 3.03. The standard InChI is InChI=1S/C19H23N3O/c1-22-14-18(13-21-22)16-9-7-15(8-10-16)11-12-20-19(23)17-5-3-2-4-6-17/h2-3,7-10,13-14,17H,4-6,11-12H2,1H3,(H,20,23). The molecule has 3 rings (SSSR count). The van der Waals surface area contributed by atoms with Crippen molar-refractivity contribution >= 4 is 5.91 Å². The van der Waals surface area contributed by atoms with E-state index in [0.29, 0.717) is 6.54 Å². The number of benzene rings is 1. The lowest BCUT2D eigenvalue weighted by Gasteiger charge is -2.17. The summed E-state index contributed by atoms with van der Waals surface area (Å²) in [5, 5.41) is 7.26. The van der Waals surface area contributed by atoms with Crippen molar-refractivity contribution in [2.45, 2.75) is 25.7 Å². The molecule has 1 unspecified atom stereocenters. The number of rotatable bonds is 5. The molecule has 4 heteroatoms. The Morgan fingerprint density at radius 3 is 2.74 bits per heavy atom. The summed E-state index contributed by atoms with van der Waals surface area (Å²) in [6, 6.07) is 8.47. The van der Waals surface area contributed by atoms with E-state index in [0.717, 1.165) is 31.2 Å². The molecule has 0 fully saturated rings.